The van der Waals surface area contributed by atoms with Gasteiger partial charge in [0.05, 0.1) is 19.6 Å². The molecule has 190 valence electrons. The SMILES string of the molecule is COC(=O)N1CC(OC(=O)N2CCCC2)C[C@H](C(=O)NO)[C@H]1C(=O)N1CC[C@@H](c2ccccc2)C1. The Hall–Kier alpha value is -3.34. The van der Waals surface area contributed by atoms with E-state index in [1.54, 1.807) is 15.3 Å². The Labute approximate surface area is 203 Å². The molecule has 0 spiro atoms. The van der Waals surface area contributed by atoms with Gasteiger partial charge in [0.2, 0.25) is 11.8 Å². The van der Waals surface area contributed by atoms with Crippen molar-refractivity contribution >= 4 is 24.0 Å². The van der Waals surface area contributed by atoms with Gasteiger partial charge in [0.25, 0.3) is 0 Å². The average molecular weight is 489 g/mol. The molecule has 4 amide bonds. The van der Waals surface area contributed by atoms with E-state index in [9.17, 15) is 24.4 Å². The summed E-state index contributed by atoms with van der Waals surface area (Å²) in [4.78, 5) is 56.0. The van der Waals surface area contributed by atoms with E-state index >= 15 is 0 Å². The van der Waals surface area contributed by atoms with Crippen molar-refractivity contribution in [3.8, 4) is 0 Å². The Bertz CT molecular complexity index is 911. The summed E-state index contributed by atoms with van der Waals surface area (Å²) in [6, 6.07) is 8.67. The maximum atomic E-state index is 13.7. The highest BCUT2D eigenvalue weighted by atomic mass is 16.6. The average Bonchev–Trinajstić information content (AvgIpc) is 3.60. The van der Waals surface area contributed by atoms with Gasteiger partial charge in [0.1, 0.15) is 12.1 Å². The van der Waals surface area contributed by atoms with E-state index in [4.69, 9.17) is 9.47 Å². The minimum Gasteiger partial charge on any atom is -0.453 e. The van der Waals surface area contributed by atoms with Crippen LogP contribution in [0.25, 0.3) is 0 Å². The van der Waals surface area contributed by atoms with E-state index in [2.05, 4.69) is 0 Å². The second-order valence-corrected chi connectivity index (χ2v) is 9.27. The van der Waals surface area contributed by atoms with Crippen molar-refractivity contribution in [1.82, 2.24) is 20.2 Å². The van der Waals surface area contributed by atoms with E-state index in [-0.39, 0.29) is 18.9 Å². The number of amides is 4. The van der Waals surface area contributed by atoms with Gasteiger partial charge in [0.15, 0.2) is 0 Å². The lowest BCUT2D eigenvalue weighted by atomic mass is 9.86. The van der Waals surface area contributed by atoms with Crippen LogP contribution < -0.4 is 5.48 Å². The van der Waals surface area contributed by atoms with Crippen molar-refractivity contribution in [3.63, 3.8) is 0 Å². The van der Waals surface area contributed by atoms with Gasteiger partial charge in [-0.15, -0.1) is 0 Å². The van der Waals surface area contributed by atoms with Crippen LogP contribution in [0, 0.1) is 5.92 Å². The molecule has 4 rings (SSSR count). The Morgan fingerprint density at radius 1 is 0.971 bits per heavy atom. The normalized spacial score (nSPS) is 26.4. The molecule has 0 saturated carbocycles. The molecule has 1 aromatic rings. The van der Waals surface area contributed by atoms with Crippen LogP contribution in [0.2, 0.25) is 0 Å². The van der Waals surface area contributed by atoms with Crippen LogP contribution in [0.15, 0.2) is 30.3 Å². The number of nitrogens with zero attached hydrogens (tertiary/aromatic N) is 3. The maximum Gasteiger partial charge on any atom is 0.410 e. The van der Waals surface area contributed by atoms with Crippen LogP contribution in [0.1, 0.15) is 37.2 Å². The number of methoxy groups -OCH3 is 1. The molecule has 3 heterocycles. The third-order valence-corrected chi connectivity index (χ3v) is 7.15. The largest absolute Gasteiger partial charge is 0.453 e. The van der Waals surface area contributed by atoms with Crippen molar-refractivity contribution in [1.29, 1.82) is 0 Å². The molecule has 4 atom stereocenters. The van der Waals surface area contributed by atoms with Gasteiger partial charge in [-0.05, 0) is 24.8 Å². The zero-order chi connectivity index (χ0) is 24.9. The Kier molecular flexibility index (Phi) is 7.74. The zero-order valence-electron chi connectivity index (χ0n) is 19.8. The predicted octanol–water partition coefficient (Wildman–Crippen LogP) is 1.57. The molecule has 0 aliphatic carbocycles. The number of carbonyl (C=O) groups excluding carboxylic acids is 4. The predicted molar refractivity (Wildman–Crippen MR) is 122 cm³/mol. The zero-order valence-corrected chi connectivity index (χ0v) is 19.8. The summed E-state index contributed by atoms with van der Waals surface area (Å²) in [5.41, 5.74) is 2.73. The molecule has 0 aromatic heterocycles. The highest BCUT2D eigenvalue weighted by Crippen LogP contribution is 2.32. The van der Waals surface area contributed by atoms with Gasteiger partial charge in [-0.1, -0.05) is 30.3 Å². The molecule has 1 aromatic carbocycles. The first-order chi connectivity index (χ1) is 16.9. The highest BCUT2D eigenvalue weighted by Gasteiger charge is 2.50. The molecule has 3 saturated heterocycles. The summed E-state index contributed by atoms with van der Waals surface area (Å²) in [5.74, 6) is -2.19. The summed E-state index contributed by atoms with van der Waals surface area (Å²) in [7, 11) is 1.19. The van der Waals surface area contributed by atoms with Crippen molar-refractivity contribution in [2.24, 2.45) is 5.92 Å². The topological polar surface area (TPSA) is 129 Å². The Balaban J connectivity index is 1.53. The second kappa shape index (κ2) is 10.9. The number of ether oxygens (including phenoxy) is 2. The van der Waals surface area contributed by atoms with E-state index in [0.717, 1.165) is 29.7 Å². The summed E-state index contributed by atoms with van der Waals surface area (Å²) in [6.07, 6.45) is 0.374. The van der Waals surface area contributed by atoms with E-state index in [1.165, 1.54) is 7.11 Å². The molecule has 11 heteroatoms. The maximum absolute atomic E-state index is 13.7. The summed E-state index contributed by atoms with van der Waals surface area (Å²) in [6.45, 7) is 2.02. The van der Waals surface area contributed by atoms with Crippen LogP contribution in [-0.4, -0.2) is 95.9 Å². The monoisotopic (exact) mass is 488 g/mol. The van der Waals surface area contributed by atoms with Crippen LogP contribution in [0.4, 0.5) is 9.59 Å². The Morgan fingerprint density at radius 3 is 2.34 bits per heavy atom. The first kappa shape index (κ1) is 24.8. The fraction of sp³-hybridized carbons (Fsp3) is 0.583. The molecule has 0 radical (unpaired) electrons. The fourth-order valence-corrected chi connectivity index (χ4v) is 5.33. The quantitative estimate of drug-likeness (QED) is 0.486. The number of likely N-dealkylation sites (tertiary alicyclic amines) is 3. The highest BCUT2D eigenvalue weighted by molar-refractivity contribution is 5.93. The number of hydrogen-bond donors (Lipinski definition) is 2. The first-order valence-electron chi connectivity index (χ1n) is 12.0. The molecule has 11 nitrogen and oxygen atoms in total. The lowest BCUT2D eigenvalue weighted by Gasteiger charge is -2.42. The number of rotatable bonds is 4. The number of piperidine rings is 1. The van der Waals surface area contributed by atoms with Crippen molar-refractivity contribution in [2.45, 2.75) is 43.7 Å². The lowest BCUT2D eigenvalue weighted by Crippen LogP contribution is -2.63. The summed E-state index contributed by atoms with van der Waals surface area (Å²) < 4.78 is 10.5. The molecule has 3 aliphatic heterocycles. The number of carbonyl (C=O) groups is 4. The molecule has 35 heavy (non-hydrogen) atoms. The summed E-state index contributed by atoms with van der Waals surface area (Å²) in [5, 5.41) is 9.39. The van der Waals surface area contributed by atoms with Gasteiger partial charge in [-0.3, -0.25) is 19.7 Å². The van der Waals surface area contributed by atoms with Gasteiger partial charge in [0, 0.05) is 38.5 Å². The minimum absolute atomic E-state index is 0.00811. The lowest BCUT2D eigenvalue weighted by molar-refractivity contribution is -0.151. The molecule has 0 bridgehead atoms. The fourth-order valence-electron chi connectivity index (χ4n) is 5.33. The molecule has 3 aliphatic rings. The van der Waals surface area contributed by atoms with Crippen molar-refractivity contribution < 1.29 is 33.9 Å². The summed E-state index contributed by atoms with van der Waals surface area (Å²) >= 11 is 0. The van der Waals surface area contributed by atoms with E-state index in [0.29, 0.717) is 26.2 Å². The van der Waals surface area contributed by atoms with Gasteiger partial charge < -0.3 is 19.3 Å². The first-order valence-corrected chi connectivity index (χ1v) is 12.0. The van der Waals surface area contributed by atoms with Crippen LogP contribution in [0.3, 0.4) is 0 Å². The third-order valence-electron chi connectivity index (χ3n) is 7.15. The number of hydroxylamine groups is 1. The van der Waals surface area contributed by atoms with Gasteiger partial charge in [-0.2, -0.15) is 0 Å². The minimum atomic E-state index is -1.19. The van der Waals surface area contributed by atoms with E-state index < -0.39 is 42.1 Å². The van der Waals surface area contributed by atoms with Gasteiger partial charge in [-0.25, -0.2) is 15.1 Å². The van der Waals surface area contributed by atoms with Gasteiger partial charge >= 0.3 is 12.2 Å². The Morgan fingerprint density at radius 2 is 1.69 bits per heavy atom. The third kappa shape index (κ3) is 5.34. The number of benzene rings is 1. The molecular formula is C24H32N4O7. The van der Waals surface area contributed by atoms with Crippen LogP contribution in [-0.2, 0) is 19.1 Å². The number of hydrogen-bond acceptors (Lipinski definition) is 7. The molecule has 2 N–H and O–H groups in total. The van der Waals surface area contributed by atoms with Crippen molar-refractivity contribution in [3.05, 3.63) is 35.9 Å². The van der Waals surface area contributed by atoms with Crippen molar-refractivity contribution in [2.75, 3.05) is 39.8 Å². The van der Waals surface area contributed by atoms with E-state index in [1.807, 2.05) is 30.3 Å². The smallest absolute Gasteiger partial charge is 0.410 e. The second-order valence-electron chi connectivity index (χ2n) is 9.27. The molecule has 1 unspecified atom stereocenters. The van der Waals surface area contributed by atoms with Crippen LogP contribution >= 0.6 is 0 Å². The molecule has 3 fully saturated rings. The number of nitrogens with one attached hydrogen (secondary N) is 1. The molecular weight excluding hydrogens is 456 g/mol. The standard InChI is InChI=1S/C24H32N4O7/c1-34-24(32)28-15-18(35-23(31)26-10-5-6-11-26)13-19(21(29)25-33)20(28)22(30)27-12-9-17(14-27)16-7-3-2-4-8-16/h2-4,7-8,17-20,33H,5-6,9-15H2,1H3,(H,25,29)/t17-,18?,19+,20+/m1/s1. The van der Waals surface area contributed by atoms with Crippen LogP contribution in [0.5, 0.6) is 0 Å².